The Kier molecular flexibility index (Phi) is 6.94. The number of piperidine rings is 1. The Balaban J connectivity index is 1.30. The van der Waals surface area contributed by atoms with Crippen molar-refractivity contribution in [3.05, 3.63) is 29.3 Å². The molecule has 3 unspecified atom stereocenters. The maximum absolute atomic E-state index is 13.5. The first-order chi connectivity index (χ1) is 17.0. The molecule has 2 aliphatic heterocycles. The largest absolute Gasteiger partial charge is 0.382 e. The normalized spacial score (nSPS) is 28.7. The van der Waals surface area contributed by atoms with E-state index >= 15 is 0 Å². The van der Waals surface area contributed by atoms with Crippen LogP contribution in [0.15, 0.2) is 18.2 Å². The van der Waals surface area contributed by atoms with Crippen LogP contribution in [-0.4, -0.2) is 52.6 Å². The molecule has 2 saturated carbocycles. The van der Waals surface area contributed by atoms with E-state index in [1.807, 2.05) is 6.07 Å². The molecule has 0 spiro atoms. The van der Waals surface area contributed by atoms with Gasteiger partial charge in [-0.1, -0.05) is 57.4 Å². The van der Waals surface area contributed by atoms with Crippen molar-refractivity contribution in [2.75, 3.05) is 12.4 Å². The first kappa shape index (κ1) is 24.0. The van der Waals surface area contributed by atoms with E-state index in [0.29, 0.717) is 16.8 Å². The van der Waals surface area contributed by atoms with E-state index in [4.69, 9.17) is 0 Å². The number of hydrogen-bond donors (Lipinski definition) is 1. The van der Waals surface area contributed by atoms with Gasteiger partial charge in [0.15, 0.2) is 0 Å². The molecule has 0 aromatic heterocycles. The number of rotatable bonds is 4. The van der Waals surface area contributed by atoms with Crippen LogP contribution >= 0.6 is 0 Å². The number of benzene rings is 1. The van der Waals surface area contributed by atoms with Gasteiger partial charge in [0.1, 0.15) is 6.04 Å². The number of likely N-dealkylation sites (N-methyl/N-ethyl adjacent to an activating group) is 1. The molecule has 7 heteroatoms. The van der Waals surface area contributed by atoms with Crippen molar-refractivity contribution in [3.8, 4) is 0 Å². The van der Waals surface area contributed by atoms with Crippen LogP contribution in [0.4, 0.5) is 5.69 Å². The van der Waals surface area contributed by atoms with Gasteiger partial charge < -0.3 is 5.32 Å². The molecule has 2 aliphatic carbocycles. The van der Waals surface area contributed by atoms with Gasteiger partial charge in [-0.05, 0) is 49.7 Å². The average molecular weight is 480 g/mol. The van der Waals surface area contributed by atoms with E-state index in [-0.39, 0.29) is 24.8 Å². The van der Waals surface area contributed by atoms with E-state index in [1.165, 1.54) is 64.8 Å². The van der Waals surface area contributed by atoms with Crippen molar-refractivity contribution in [2.45, 2.75) is 95.6 Å². The number of likely N-dealkylation sites (tertiary alicyclic amines) is 1. The molecule has 35 heavy (non-hydrogen) atoms. The molecule has 1 N–H and O–H groups in total. The minimum atomic E-state index is -0.920. The highest BCUT2D eigenvalue weighted by Gasteiger charge is 2.47. The molecule has 1 saturated heterocycles. The van der Waals surface area contributed by atoms with Crippen molar-refractivity contribution < 1.29 is 19.2 Å². The lowest BCUT2D eigenvalue weighted by Crippen LogP contribution is -2.54. The first-order valence-corrected chi connectivity index (χ1v) is 13.5. The van der Waals surface area contributed by atoms with Crippen LogP contribution in [0.5, 0.6) is 0 Å². The van der Waals surface area contributed by atoms with Gasteiger partial charge in [-0.15, -0.1) is 0 Å². The Bertz CT molecular complexity index is 1010. The number of anilines is 1. The van der Waals surface area contributed by atoms with Gasteiger partial charge in [-0.3, -0.25) is 29.0 Å². The highest BCUT2D eigenvalue weighted by Crippen LogP contribution is 2.38. The molecule has 0 radical (unpaired) electrons. The lowest BCUT2D eigenvalue weighted by molar-refractivity contribution is -0.149. The Labute approximate surface area is 207 Å². The van der Waals surface area contributed by atoms with E-state index in [0.717, 1.165) is 34.5 Å². The summed E-state index contributed by atoms with van der Waals surface area (Å²) in [7, 11) is 1.41. The van der Waals surface area contributed by atoms with E-state index in [2.05, 4.69) is 5.32 Å². The molecule has 0 bridgehead atoms. The third-order valence-corrected chi connectivity index (χ3v) is 8.82. The van der Waals surface area contributed by atoms with Gasteiger partial charge in [0, 0.05) is 25.2 Å². The second kappa shape index (κ2) is 10.1. The summed E-state index contributed by atoms with van der Waals surface area (Å²) in [6.07, 6.45) is 14.4. The number of fused-ring (bicyclic) bond motifs is 1. The van der Waals surface area contributed by atoms with Crippen molar-refractivity contribution in [1.29, 1.82) is 0 Å². The summed E-state index contributed by atoms with van der Waals surface area (Å²) in [6.45, 7) is 0. The van der Waals surface area contributed by atoms with Crippen LogP contribution in [0.1, 0.15) is 104 Å². The molecule has 2 heterocycles. The van der Waals surface area contributed by atoms with E-state index in [1.54, 1.807) is 12.1 Å². The summed E-state index contributed by atoms with van der Waals surface area (Å²) >= 11 is 0. The highest BCUT2D eigenvalue weighted by molar-refractivity contribution is 6.25. The molecule has 1 aromatic rings. The molecular formula is C28H37N3O4. The fourth-order valence-electron chi connectivity index (χ4n) is 6.79. The minimum Gasteiger partial charge on any atom is -0.382 e. The number of nitrogens with one attached hydrogen (secondary N) is 1. The lowest BCUT2D eigenvalue weighted by Gasteiger charge is -2.32. The van der Waals surface area contributed by atoms with Crippen LogP contribution in [0, 0.1) is 11.8 Å². The highest BCUT2D eigenvalue weighted by atomic mass is 16.2. The first-order valence-electron chi connectivity index (χ1n) is 13.5. The summed E-state index contributed by atoms with van der Waals surface area (Å²) in [4.78, 5) is 53.4. The SMILES string of the molecule is CN1C(=O)CCC(N2C(=O)c3cccc(NC4CCCC(C5CCCCCC5)CC4)c3C2=O)C1=O. The Morgan fingerprint density at radius 3 is 2.26 bits per heavy atom. The number of amides is 4. The molecule has 3 atom stereocenters. The van der Waals surface area contributed by atoms with Crippen LogP contribution in [-0.2, 0) is 9.59 Å². The van der Waals surface area contributed by atoms with Crippen LogP contribution < -0.4 is 5.32 Å². The number of imide groups is 2. The number of carbonyl (C=O) groups is 4. The summed E-state index contributed by atoms with van der Waals surface area (Å²) < 4.78 is 0. The number of nitrogens with zero attached hydrogens (tertiary/aromatic N) is 2. The molecule has 1 aromatic carbocycles. The van der Waals surface area contributed by atoms with Gasteiger partial charge in [-0.25, -0.2) is 0 Å². The number of hydrogen-bond acceptors (Lipinski definition) is 5. The molecule has 188 valence electrons. The molecular weight excluding hydrogens is 442 g/mol. The van der Waals surface area contributed by atoms with E-state index < -0.39 is 23.8 Å². The van der Waals surface area contributed by atoms with Gasteiger partial charge in [0.25, 0.3) is 17.7 Å². The standard InChI is InChI=1S/C28H37N3O4/c1-30-24(32)17-16-23(27(30)34)31-26(33)21-12-7-13-22(25(21)28(31)35)29-20-11-6-10-19(14-15-20)18-8-4-2-3-5-9-18/h7,12-13,18-20,23,29H,2-6,8-11,14-17H2,1H3. The summed E-state index contributed by atoms with van der Waals surface area (Å²) in [5.41, 5.74) is 1.40. The van der Waals surface area contributed by atoms with Crippen molar-refractivity contribution >= 4 is 29.3 Å². The van der Waals surface area contributed by atoms with Crippen molar-refractivity contribution in [2.24, 2.45) is 11.8 Å². The smallest absolute Gasteiger partial charge is 0.264 e. The summed E-state index contributed by atoms with van der Waals surface area (Å²) in [5.74, 6) is 0.0302. The fraction of sp³-hybridized carbons (Fsp3) is 0.643. The molecule has 5 rings (SSSR count). The molecule has 4 aliphatic rings. The third-order valence-electron chi connectivity index (χ3n) is 8.82. The topological polar surface area (TPSA) is 86.8 Å². The summed E-state index contributed by atoms with van der Waals surface area (Å²) in [5, 5.41) is 3.61. The lowest BCUT2D eigenvalue weighted by atomic mass is 9.81. The number of carbonyl (C=O) groups excluding carboxylic acids is 4. The zero-order chi connectivity index (χ0) is 24.5. The molecule has 4 amide bonds. The Morgan fingerprint density at radius 1 is 0.771 bits per heavy atom. The third kappa shape index (κ3) is 4.62. The zero-order valence-corrected chi connectivity index (χ0v) is 20.8. The predicted molar refractivity (Wildman–Crippen MR) is 133 cm³/mol. The fourth-order valence-corrected chi connectivity index (χ4v) is 6.79. The quantitative estimate of drug-likeness (QED) is 0.497. The monoisotopic (exact) mass is 479 g/mol. The molecule has 7 nitrogen and oxygen atoms in total. The minimum absolute atomic E-state index is 0.148. The summed E-state index contributed by atoms with van der Waals surface area (Å²) in [6, 6.07) is 4.70. The van der Waals surface area contributed by atoms with Gasteiger partial charge in [0.05, 0.1) is 11.1 Å². The van der Waals surface area contributed by atoms with Crippen LogP contribution in [0.2, 0.25) is 0 Å². The second-order valence-electron chi connectivity index (χ2n) is 10.9. The Hall–Kier alpha value is -2.70. The predicted octanol–water partition coefficient (Wildman–Crippen LogP) is 4.76. The van der Waals surface area contributed by atoms with Gasteiger partial charge >= 0.3 is 0 Å². The van der Waals surface area contributed by atoms with Crippen molar-refractivity contribution in [1.82, 2.24) is 9.80 Å². The van der Waals surface area contributed by atoms with Crippen molar-refractivity contribution in [3.63, 3.8) is 0 Å². The maximum Gasteiger partial charge on any atom is 0.264 e. The maximum atomic E-state index is 13.5. The average Bonchev–Trinajstić information content (AvgIpc) is 3.13. The molecule has 3 fully saturated rings. The van der Waals surface area contributed by atoms with Gasteiger partial charge in [-0.2, -0.15) is 0 Å². The van der Waals surface area contributed by atoms with Gasteiger partial charge in [0.2, 0.25) is 5.91 Å². The van der Waals surface area contributed by atoms with Crippen LogP contribution in [0.25, 0.3) is 0 Å². The Morgan fingerprint density at radius 2 is 1.49 bits per heavy atom. The van der Waals surface area contributed by atoms with E-state index in [9.17, 15) is 19.2 Å². The second-order valence-corrected chi connectivity index (χ2v) is 10.9. The zero-order valence-electron chi connectivity index (χ0n) is 20.8. The van der Waals surface area contributed by atoms with Crippen LogP contribution in [0.3, 0.4) is 0 Å².